The van der Waals surface area contributed by atoms with Crippen molar-refractivity contribution in [2.24, 2.45) is 0 Å². The number of rotatable bonds is 6. The maximum absolute atomic E-state index is 5.87. The van der Waals surface area contributed by atoms with Crippen LogP contribution in [0, 0.1) is 6.92 Å². The Hall–Kier alpha value is -1.26. The van der Waals surface area contributed by atoms with Crippen molar-refractivity contribution >= 4 is 29.2 Å². The van der Waals surface area contributed by atoms with Gasteiger partial charge in [-0.2, -0.15) is 0 Å². The first-order chi connectivity index (χ1) is 9.67. The highest BCUT2D eigenvalue weighted by molar-refractivity contribution is 7.97. The van der Waals surface area contributed by atoms with Gasteiger partial charge in [0.05, 0.1) is 5.75 Å². The Labute approximate surface area is 129 Å². The summed E-state index contributed by atoms with van der Waals surface area (Å²) in [6, 6.07) is 9.91. The summed E-state index contributed by atoms with van der Waals surface area (Å²) < 4.78 is 0. The van der Waals surface area contributed by atoms with E-state index < -0.39 is 0 Å². The molecule has 0 fully saturated rings. The number of hydrogen-bond acceptors (Lipinski definition) is 4. The van der Waals surface area contributed by atoms with E-state index >= 15 is 0 Å². The largest absolute Gasteiger partial charge is 0.370 e. The molecule has 1 heterocycles. The van der Waals surface area contributed by atoms with Crippen molar-refractivity contribution in [2.45, 2.75) is 25.4 Å². The fourth-order valence-electron chi connectivity index (χ4n) is 1.81. The summed E-state index contributed by atoms with van der Waals surface area (Å²) in [6.45, 7) is 4.93. The van der Waals surface area contributed by atoms with Gasteiger partial charge in [0.1, 0.15) is 11.6 Å². The van der Waals surface area contributed by atoms with Gasteiger partial charge in [0.15, 0.2) is 0 Å². The number of thioether (sulfide) groups is 1. The second kappa shape index (κ2) is 7.50. The summed E-state index contributed by atoms with van der Waals surface area (Å²) in [7, 11) is 0. The Morgan fingerprint density at radius 1 is 1.15 bits per heavy atom. The quantitative estimate of drug-likeness (QED) is 0.863. The van der Waals surface area contributed by atoms with E-state index in [0.29, 0.717) is 0 Å². The van der Waals surface area contributed by atoms with Crippen LogP contribution in [0.15, 0.2) is 30.3 Å². The van der Waals surface area contributed by atoms with Crippen molar-refractivity contribution in [1.29, 1.82) is 0 Å². The Balaban J connectivity index is 1.91. The first kappa shape index (κ1) is 15.1. The van der Waals surface area contributed by atoms with Crippen LogP contribution in [0.1, 0.15) is 24.0 Å². The van der Waals surface area contributed by atoms with E-state index in [1.165, 1.54) is 5.56 Å². The normalized spacial score (nSPS) is 10.6. The van der Waals surface area contributed by atoms with E-state index in [1.807, 2.05) is 25.1 Å². The predicted octanol–water partition coefficient (Wildman–Crippen LogP) is 4.30. The van der Waals surface area contributed by atoms with Crippen LogP contribution >= 0.6 is 23.4 Å². The number of benzene rings is 1. The average molecular weight is 308 g/mol. The molecule has 5 heteroatoms. The summed E-state index contributed by atoms with van der Waals surface area (Å²) in [6.07, 6.45) is 0. The van der Waals surface area contributed by atoms with Crippen LogP contribution in [0.25, 0.3) is 0 Å². The fraction of sp³-hybridized carbons (Fsp3) is 0.333. The van der Waals surface area contributed by atoms with Gasteiger partial charge >= 0.3 is 0 Å². The lowest BCUT2D eigenvalue weighted by Crippen LogP contribution is -2.04. The van der Waals surface area contributed by atoms with E-state index in [-0.39, 0.29) is 0 Å². The molecule has 1 aromatic heterocycles. The molecule has 1 N–H and O–H groups in total. The number of anilines is 1. The first-order valence-corrected chi connectivity index (χ1v) is 8.11. The van der Waals surface area contributed by atoms with Gasteiger partial charge in [-0.05, 0) is 31.5 Å². The molecule has 20 heavy (non-hydrogen) atoms. The zero-order valence-electron chi connectivity index (χ0n) is 11.7. The molecule has 0 saturated heterocycles. The summed E-state index contributed by atoms with van der Waals surface area (Å²) in [5, 5.41) is 4.00. The molecule has 0 bridgehead atoms. The van der Waals surface area contributed by atoms with Gasteiger partial charge in [-0.15, -0.1) is 11.8 Å². The lowest BCUT2D eigenvalue weighted by atomic mass is 10.2. The van der Waals surface area contributed by atoms with Gasteiger partial charge in [-0.3, -0.25) is 0 Å². The molecule has 0 aliphatic heterocycles. The minimum absolute atomic E-state index is 0.774. The zero-order valence-corrected chi connectivity index (χ0v) is 13.3. The lowest BCUT2D eigenvalue weighted by molar-refractivity contribution is 0.986. The molecule has 0 atom stereocenters. The third-order valence-electron chi connectivity index (χ3n) is 2.67. The van der Waals surface area contributed by atoms with Gasteiger partial charge in [0, 0.05) is 29.1 Å². The number of halogens is 1. The minimum atomic E-state index is 0.774. The molecular weight excluding hydrogens is 290 g/mol. The van der Waals surface area contributed by atoms with Crippen LogP contribution in [-0.4, -0.2) is 16.5 Å². The maximum Gasteiger partial charge on any atom is 0.140 e. The van der Waals surface area contributed by atoms with Crippen LogP contribution in [-0.2, 0) is 11.5 Å². The van der Waals surface area contributed by atoms with Crippen molar-refractivity contribution in [3.63, 3.8) is 0 Å². The summed E-state index contributed by atoms with van der Waals surface area (Å²) in [5.74, 6) is 3.52. The second-order valence-corrected chi connectivity index (χ2v) is 5.88. The van der Waals surface area contributed by atoms with Gasteiger partial charge in [0.2, 0.25) is 0 Å². The molecule has 0 radical (unpaired) electrons. The van der Waals surface area contributed by atoms with Crippen LogP contribution < -0.4 is 5.32 Å². The molecular formula is C15H18ClN3S. The first-order valence-electron chi connectivity index (χ1n) is 6.58. The van der Waals surface area contributed by atoms with E-state index in [0.717, 1.165) is 40.4 Å². The molecule has 3 nitrogen and oxygen atoms in total. The monoisotopic (exact) mass is 307 g/mol. The molecule has 0 saturated carbocycles. The van der Waals surface area contributed by atoms with Crippen LogP contribution in [0.4, 0.5) is 5.82 Å². The smallest absolute Gasteiger partial charge is 0.140 e. The van der Waals surface area contributed by atoms with Crippen molar-refractivity contribution in [3.8, 4) is 0 Å². The van der Waals surface area contributed by atoms with Crippen molar-refractivity contribution < 1.29 is 0 Å². The average Bonchev–Trinajstić information content (AvgIpc) is 2.41. The highest BCUT2D eigenvalue weighted by atomic mass is 35.5. The van der Waals surface area contributed by atoms with Crippen LogP contribution in [0.5, 0.6) is 0 Å². The van der Waals surface area contributed by atoms with Crippen LogP contribution in [0.2, 0.25) is 5.02 Å². The summed E-state index contributed by atoms with van der Waals surface area (Å²) in [4.78, 5) is 8.97. The minimum Gasteiger partial charge on any atom is -0.370 e. The third-order valence-corrected chi connectivity index (χ3v) is 3.92. The molecule has 2 rings (SSSR count). The molecule has 106 valence electrons. The summed E-state index contributed by atoms with van der Waals surface area (Å²) in [5.41, 5.74) is 2.26. The van der Waals surface area contributed by atoms with E-state index in [1.54, 1.807) is 11.8 Å². The summed E-state index contributed by atoms with van der Waals surface area (Å²) >= 11 is 7.68. The Morgan fingerprint density at radius 3 is 2.60 bits per heavy atom. The number of aryl methyl sites for hydroxylation is 1. The maximum atomic E-state index is 5.87. The highest BCUT2D eigenvalue weighted by Gasteiger charge is 2.02. The van der Waals surface area contributed by atoms with E-state index in [9.17, 15) is 0 Å². The Morgan fingerprint density at radius 2 is 1.90 bits per heavy atom. The van der Waals surface area contributed by atoms with Gasteiger partial charge in [-0.1, -0.05) is 23.7 Å². The topological polar surface area (TPSA) is 37.8 Å². The van der Waals surface area contributed by atoms with Crippen LogP contribution in [0.3, 0.4) is 0 Å². The van der Waals surface area contributed by atoms with Gasteiger partial charge in [-0.25, -0.2) is 9.97 Å². The highest BCUT2D eigenvalue weighted by Crippen LogP contribution is 2.19. The number of nitrogens with zero attached hydrogens (tertiary/aromatic N) is 2. The third kappa shape index (κ3) is 4.69. The van der Waals surface area contributed by atoms with Crippen molar-refractivity contribution in [1.82, 2.24) is 9.97 Å². The number of aromatic nitrogens is 2. The molecule has 0 spiro atoms. The van der Waals surface area contributed by atoms with Crippen molar-refractivity contribution in [3.05, 3.63) is 52.4 Å². The number of hydrogen-bond donors (Lipinski definition) is 1. The number of nitrogens with one attached hydrogen (secondary N) is 1. The predicted molar refractivity (Wildman–Crippen MR) is 87.4 cm³/mol. The second-order valence-electron chi connectivity index (χ2n) is 4.46. The molecule has 0 unspecified atom stereocenters. The molecule has 0 aliphatic carbocycles. The Kier molecular flexibility index (Phi) is 5.68. The zero-order chi connectivity index (χ0) is 14.4. The standard InChI is InChI=1S/C15H18ClN3S/c1-3-17-14-8-11(2)18-15(19-14)10-20-9-12-4-6-13(16)7-5-12/h4-8H,3,9-10H2,1-2H3,(H,17,18,19). The molecule has 0 aliphatic rings. The lowest BCUT2D eigenvalue weighted by Gasteiger charge is -2.07. The SMILES string of the molecule is CCNc1cc(C)nc(CSCc2ccc(Cl)cc2)n1. The van der Waals surface area contributed by atoms with Crippen molar-refractivity contribution in [2.75, 3.05) is 11.9 Å². The van der Waals surface area contributed by atoms with Gasteiger partial charge < -0.3 is 5.32 Å². The molecule has 1 aromatic carbocycles. The molecule has 2 aromatic rings. The van der Waals surface area contributed by atoms with Gasteiger partial charge in [0.25, 0.3) is 0 Å². The van der Waals surface area contributed by atoms with E-state index in [2.05, 4.69) is 34.3 Å². The molecule has 0 amide bonds. The van der Waals surface area contributed by atoms with E-state index in [4.69, 9.17) is 11.6 Å². The fourth-order valence-corrected chi connectivity index (χ4v) is 2.77. The Bertz CT molecular complexity index is 558.